The monoisotopic (exact) mass is 444 g/mol. The van der Waals surface area contributed by atoms with Crippen LogP contribution < -0.4 is 0 Å². The van der Waals surface area contributed by atoms with Gasteiger partial charge in [0.25, 0.3) is 5.91 Å². The Balaban J connectivity index is 1.70. The number of fused-ring (bicyclic) bond motifs is 1. The Kier molecular flexibility index (Phi) is 7.27. The van der Waals surface area contributed by atoms with Crippen LogP contribution in [0.3, 0.4) is 0 Å². The Morgan fingerprint density at radius 3 is 2.77 bits per heavy atom. The molecule has 4 rings (SSSR count). The molecule has 2 aliphatic heterocycles. The first-order valence-corrected chi connectivity index (χ1v) is 12.0. The number of allylic oxidation sites excluding steroid dienone is 1. The zero-order valence-electron chi connectivity index (χ0n) is 18.3. The lowest BCUT2D eigenvalue weighted by molar-refractivity contribution is -0.170. The molecule has 0 aliphatic carbocycles. The lowest BCUT2D eigenvalue weighted by Gasteiger charge is -2.39. The van der Waals surface area contributed by atoms with Crippen molar-refractivity contribution >= 4 is 27.3 Å². The fourth-order valence-corrected chi connectivity index (χ4v) is 5.54. The van der Waals surface area contributed by atoms with Gasteiger partial charge in [-0.05, 0) is 55.3 Å². The van der Waals surface area contributed by atoms with Gasteiger partial charge in [-0.25, -0.2) is 0 Å². The fourth-order valence-electron chi connectivity index (χ4n) is 4.54. The van der Waals surface area contributed by atoms with Crippen LogP contribution >= 0.6 is 11.3 Å². The van der Waals surface area contributed by atoms with E-state index in [9.17, 15) is 9.90 Å². The zero-order valence-corrected chi connectivity index (χ0v) is 19.1. The van der Waals surface area contributed by atoms with Gasteiger partial charge in [0.1, 0.15) is 0 Å². The first-order valence-electron chi connectivity index (χ1n) is 11.2. The van der Waals surface area contributed by atoms with Crippen molar-refractivity contribution < 1.29 is 19.4 Å². The van der Waals surface area contributed by atoms with Crippen molar-refractivity contribution in [2.75, 3.05) is 46.4 Å². The molecule has 1 amide bonds. The van der Waals surface area contributed by atoms with Gasteiger partial charge in [-0.3, -0.25) is 4.79 Å². The Morgan fingerprint density at radius 2 is 2.03 bits per heavy atom. The summed E-state index contributed by atoms with van der Waals surface area (Å²) in [5.41, 5.74) is 1.21. The SMILES string of the molecule is CCO[C@H]1OC(C(=O)N2CCN(C)CC2)=C[C@@H](c2csc3ccccc23)[C@H]1CCCO. The molecule has 1 aromatic carbocycles. The quantitative estimate of drug-likeness (QED) is 0.709. The average Bonchev–Trinajstić information content (AvgIpc) is 3.22. The standard InChI is InChI=1S/C24H32N2O4S/c1-3-29-24-18(8-6-14-27)19(20-16-31-22-9-5-4-7-17(20)22)15-21(30-24)23(28)26-12-10-25(2)11-13-26/h4-5,7,9,15-16,18-19,24,27H,3,6,8,10-14H2,1-2H3/t18-,19-,24+/m1/s1. The summed E-state index contributed by atoms with van der Waals surface area (Å²) in [6.45, 7) is 5.72. The maximum atomic E-state index is 13.3. The molecule has 0 saturated carbocycles. The zero-order chi connectivity index (χ0) is 21.8. The molecule has 1 aromatic heterocycles. The lowest BCUT2D eigenvalue weighted by atomic mass is 9.80. The van der Waals surface area contributed by atoms with Crippen molar-refractivity contribution in [3.63, 3.8) is 0 Å². The highest BCUT2D eigenvalue weighted by Crippen LogP contribution is 2.43. The second kappa shape index (κ2) is 10.1. The Labute approximate surface area is 188 Å². The third kappa shape index (κ3) is 4.80. The molecule has 0 radical (unpaired) electrons. The summed E-state index contributed by atoms with van der Waals surface area (Å²) in [7, 11) is 2.08. The summed E-state index contributed by atoms with van der Waals surface area (Å²) in [5, 5.41) is 12.9. The van der Waals surface area contributed by atoms with Gasteiger partial charge in [0.15, 0.2) is 5.76 Å². The van der Waals surface area contributed by atoms with Gasteiger partial charge in [0.2, 0.25) is 6.29 Å². The van der Waals surface area contributed by atoms with Gasteiger partial charge < -0.3 is 24.4 Å². The minimum absolute atomic E-state index is 0.000542. The number of hydrogen-bond donors (Lipinski definition) is 1. The molecule has 2 aliphatic rings. The second-order valence-corrected chi connectivity index (χ2v) is 9.22. The number of ether oxygens (including phenoxy) is 2. The average molecular weight is 445 g/mol. The van der Waals surface area contributed by atoms with Crippen molar-refractivity contribution in [2.45, 2.75) is 32.0 Å². The van der Waals surface area contributed by atoms with E-state index in [0.29, 0.717) is 31.9 Å². The maximum Gasteiger partial charge on any atom is 0.288 e. The van der Waals surface area contributed by atoms with E-state index < -0.39 is 6.29 Å². The number of benzene rings is 1. The van der Waals surface area contributed by atoms with Crippen LogP contribution in [0, 0.1) is 5.92 Å². The lowest BCUT2D eigenvalue weighted by Crippen LogP contribution is -2.49. The van der Waals surface area contributed by atoms with E-state index in [1.807, 2.05) is 17.9 Å². The van der Waals surface area contributed by atoms with Crippen LogP contribution in [0.4, 0.5) is 0 Å². The van der Waals surface area contributed by atoms with Gasteiger partial charge in [0.05, 0.1) is 0 Å². The summed E-state index contributed by atoms with van der Waals surface area (Å²) in [4.78, 5) is 17.4. The van der Waals surface area contributed by atoms with Gasteiger partial charge in [-0.2, -0.15) is 0 Å². The number of thiophene rings is 1. The van der Waals surface area contributed by atoms with Gasteiger partial charge in [-0.1, -0.05) is 18.2 Å². The third-order valence-corrected chi connectivity index (χ3v) is 7.26. The Morgan fingerprint density at radius 1 is 1.26 bits per heavy atom. The largest absolute Gasteiger partial charge is 0.459 e. The highest BCUT2D eigenvalue weighted by molar-refractivity contribution is 7.17. The van der Waals surface area contributed by atoms with Crippen LogP contribution in [0.25, 0.3) is 10.1 Å². The molecule has 168 valence electrons. The number of carbonyl (C=O) groups is 1. The predicted molar refractivity (Wildman–Crippen MR) is 123 cm³/mol. The molecule has 2 aromatic rings. The van der Waals surface area contributed by atoms with E-state index in [0.717, 1.165) is 19.5 Å². The van der Waals surface area contributed by atoms with Crippen LogP contribution in [-0.2, 0) is 14.3 Å². The van der Waals surface area contributed by atoms with Crippen LogP contribution in [-0.4, -0.2) is 73.5 Å². The predicted octanol–water partition coefficient (Wildman–Crippen LogP) is 3.42. The van der Waals surface area contributed by atoms with E-state index in [1.54, 1.807) is 11.3 Å². The number of hydrogen-bond acceptors (Lipinski definition) is 6. The first-order chi connectivity index (χ1) is 15.1. The number of likely N-dealkylation sites (N-methyl/N-ethyl adjacent to an activating group) is 1. The fraction of sp³-hybridized carbons (Fsp3) is 0.542. The highest BCUT2D eigenvalue weighted by Gasteiger charge is 2.39. The molecular weight excluding hydrogens is 412 g/mol. The minimum Gasteiger partial charge on any atom is -0.459 e. The smallest absolute Gasteiger partial charge is 0.288 e. The van der Waals surface area contributed by atoms with E-state index in [4.69, 9.17) is 9.47 Å². The number of piperazine rings is 1. The topological polar surface area (TPSA) is 62.2 Å². The highest BCUT2D eigenvalue weighted by atomic mass is 32.1. The number of nitrogens with zero attached hydrogens (tertiary/aromatic N) is 2. The van der Waals surface area contributed by atoms with Crippen molar-refractivity contribution in [1.82, 2.24) is 9.80 Å². The molecule has 1 N–H and O–H groups in total. The molecule has 7 heteroatoms. The molecule has 0 bridgehead atoms. The summed E-state index contributed by atoms with van der Waals surface area (Å²) in [6, 6.07) is 8.38. The first kappa shape index (κ1) is 22.3. The number of carbonyl (C=O) groups excluding carboxylic acids is 1. The van der Waals surface area contributed by atoms with E-state index >= 15 is 0 Å². The van der Waals surface area contributed by atoms with Crippen molar-refractivity contribution in [2.24, 2.45) is 5.92 Å². The molecule has 1 fully saturated rings. The molecular formula is C24H32N2O4S. The summed E-state index contributed by atoms with van der Waals surface area (Å²) < 4.78 is 13.4. The normalized spacial score (nSPS) is 24.8. The van der Waals surface area contributed by atoms with Crippen LogP contribution in [0.5, 0.6) is 0 Å². The van der Waals surface area contributed by atoms with Crippen LogP contribution in [0.1, 0.15) is 31.2 Å². The summed E-state index contributed by atoms with van der Waals surface area (Å²) in [5.74, 6) is 0.375. The summed E-state index contributed by atoms with van der Waals surface area (Å²) in [6.07, 6.45) is 2.94. The molecule has 3 heterocycles. The van der Waals surface area contributed by atoms with Gasteiger partial charge in [0, 0.05) is 55.9 Å². The third-order valence-electron chi connectivity index (χ3n) is 6.28. The molecule has 1 saturated heterocycles. The van der Waals surface area contributed by atoms with Crippen molar-refractivity contribution in [1.29, 1.82) is 0 Å². The number of amides is 1. The Bertz CT molecular complexity index is 919. The van der Waals surface area contributed by atoms with E-state index in [2.05, 4.69) is 41.6 Å². The van der Waals surface area contributed by atoms with Crippen molar-refractivity contribution in [3.8, 4) is 0 Å². The van der Waals surface area contributed by atoms with E-state index in [-0.39, 0.29) is 24.3 Å². The van der Waals surface area contributed by atoms with E-state index in [1.165, 1.54) is 15.6 Å². The Hall–Kier alpha value is -1.93. The van der Waals surface area contributed by atoms with Gasteiger partial charge in [-0.15, -0.1) is 11.3 Å². The number of aliphatic hydroxyl groups is 1. The molecule has 0 spiro atoms. The second-order valence-electron chi connectivity index (χ2n) is 8.31. The molecule has 3 atom stereocenters. The van der Waals surface area contributed by atoms with Gasteiger partial charge >= 0.3 is 0 Å². The van der Waals surface area contributed by atoms with Crippen LogP contribution in [0.15, 0.2) is 41.5 Å². The number of rotatable bonds is 7. The van der Waals surface area contributed by atoms with Crippen molar-refractivity contribution in [3.05, 3.63) is 47.0 Å². The number of aliphatic hydroxyl groups excluding tert-OH is 1. The maximum absolute atomic E-state index is 13.3. The molecule has 31 heavy (non-hydrogen) atoms. The molecule has 6 nitrogen and oxygen atoms in total. The molecule has 0 unspecified atom stereocenters. The minimum atomic E-state index is -0.503. The summed E-state index contributed by atoms with van der Waals surface area (Å²) >= 11 is 1.72. The van der Waals surface area contributed by atoms with Crippen LogP contribution in [0.2, 0.25) is 0 Å².